The predicted molar refractivity (Wildman–Crippen MR) is 188 cm³/mol. The van der Waals surface area contributed by atoms with Gasteiger partial charge in [0.1, 0.15) is 0 Å². The molecular weight excluding hydrogens is 542 g/mol. The van der Waals surface area contributed by atoms with E-state index in [1.54, 1.807) is 0 Å². The monoisotopic (exact) mass is 579 g/mol. The van der Waals surface area contributed by atoms with Crippen molar-refractivity contribution in [1.29, 1.82) is 0 Å². The number of hydrogen-bond donors (Lipinski definition) is 0. The lowest BCUT2D eigenvalue weighted by Gasteiger charge is -2.69. The largest absolute Gasteiger partial charge is 0.310 e. The van der Waals surface area contributed by atoms with Crippen LogP contribution in [0.2, 0.25) is 0 Å². The van der Waals surface area contributed by atoms with Gasteiger partial charge in [-0.2, -0.15) is 0 Å². The van der Waals surface area contributed by atoms with Crippen LogP contribution in [0.4, 0.5) is 17.1 Å². The molecule has 6 aromatic carbocycles. The fourth-order valence-electron chi connectivity index (χ4n) is 9.36. The van der Waals surface area contributed by atoms with E-state index < -0.39 is 0 Å². The Morgan fingerprint density at radius 2 is 1.04 bits per heavy atom. The molecule has 45 heavy (non-hydrogen) atoms. The zero-order valence-corrected chi connectivity index (χ0v) is 26.4. The third-order valence-electron chi connectivity index (χ3n) is 11.9. The molecule has 218 valence electrons. The molecule has 3 aliphatic carbocycles. The molecule has 6 aromatic rings. The lowest BCUT2D eigenvalue weighted by atomic mass is 9.34. The van der Waals surface area contributed by atoms with Crippen LogP contribution in [0.5, 0.6) is 0 Å². The molecule has 2 bridgehead atoms. The van der Waals surface area contributed by atoms with Crippen molar-refractivity contribution in [2.24, 2.45) is 10.8 Å². The Kier molecular flexibility index (Phi) is 5.35. The average Bonchev–Trinajstić information content (AvgIpc) is 3.08. The summed E-state index contributed by atoms with van der Waals surface area (Å²) in [6.45, 7) is 10.1. The summed E-state index contributed by atoms with van der Waals surface area (Å²) in [6, 6.07) is 54.4. The fraction of sp³-hybridized carbons (Fsp3) is 0.182. The van der Waals surface area contributed by atoms with Gasteiger partial charge >= 0.3 is 0 Å². The molecule has 4 aliphatic rings. The highest BCUT2D eigenvalue weighted by molar-refractivity contribution is 5.93. The summed E-state index contributed by atoms with van der Waals surface area (Å²) in [5.74, 6) is 0.321. The fourth-order valence-corrected chi connectivity index (χ4v) is 9.36. The smallest absolute Gasteiger partial charge is 0.0555 e. The molecule has 0 saturated heterocycles. The standard InChI is InChI=1S/C44H37N/c1-42(2)40-34-18-11-12-20-36(34)44(43(42,3)4)37-28-32(30-16-9-6-10-17-30)24-27-38(37)45(39-21-13-19-35(40)41(39)44)33-25-22-31(23-26-33)29-14-7-5-8-15-29/h5-28,40H,1-4H3. The van der Waals surface area contributed by atoms with Crippen LogP contribution in [0, 0.1) is 10.8 Å². The average molecular weight is 580 g/mol. The van der Waals surface area contributed by atoms with Crippen molar-refractivity contribution in [2.45, 2.75) is 39.0 Å². The van der Waals surface area contributed by atoms with Gasteiger partial charge in [0.05, 0.1) is 16.8 Å². The van der Waals surface area contributed by atoms with E-state index in [4.69, 9.17) is 0 Å². The molecule has 1 nitrogen and oxygen atoms in total. The minimum absolute atomic E-state index is 0.0203. The first-order valence-corrected chi connectivity index (χ1v) is 16.2. The lowest BCUT2D eigenvalue weighted by Crippen LogP contribution is -2.63. The first-order chi connectivity index (χ1) is 21.9. The first-order valence-electron chi connectivity index (χ1n) is 16.2. The van der Waals surface area contributed by atoms with Crippen molar-refractivity contribution in [3.63, 3.8) is 0 Å². The van der Waals surface area contributed by atoms with Crippen molar-refractivity contribution >= 4 is 17.1 Å². The van der Waals surface area contributed by atoms with Crippen molar-refractivity contribution in [1.82, 2.24) is 0 Å². The molecule has 1 aliphatic heterocycles. The van der Waals surface area contributed by atoms with Gasteiger partial charge in [0.15, 0.2) is 0 Å². The molecule has 2 atom stereocenters. The molecule has 0 amide bonds. The summed E-state index contributed by atoms with van der Waals surface area (Å²) < 4.78 is 0. The zero-order chi connectivity index (χ0) is 30.6. The van der Waals surface area contributed by atoms with Gasteiger partial charge in [-0.1, -0.05) is 143 Å². The third-order valence-corrected chi connectivity index (χ3v) is 11.9. The second-order valence-electron chi connectivity index (χ2n) is 14.2. The van der Waals surface area contributed by atoms with Crippen LogP contribution in [0.25, 0.3) is 22.3 Å². The molecule has 0 fully saturated rings. The van der Waals surface area contributed by atoms with Crippen molar-refractivity contribution in [3.05, 3.63) is 173 Å². The molecule has 1 spiro atoms. The van der Waals surface area contributed by atoms with E-state index in [1.807, 2.05) is 0 Å². The lowest BCUT2D eigenvalue weighted by molar-refractivity contribution is 0.00446. The van der Waals surface area contributed by atoms with Crippen molar-refractivity contribution in [3.8, 4) is 22.3 Å². The summed E-state index contributed by atoms with van der Waals surface area (Å²) in [5, 5.41) is 0. The molecule has 0 aromatic heterocycles. The number of anilines is 3. The quantitative estimate of drug-likeness (QED) is 0.202. The van der Waals surface area contributed by atoms with Gasteiger partial charge in [-0.25, -0.2) is 0 Å². The van der Waals surface area contributed by atoms with E-state index in [-0.39, 0.29) is 16.2 Å². The molecular formula is C44H37N. The highest BCUT2D eigenvalue weighted by atomic mass is 15.2. The Hall–Kier alpha value is -4.88. The van der Waals surface area contributed by atoms with Gasteiger partial charge in [-0.05, 0) is 91.2 Å². The molecule has 1 heteroatoms. The van der Waals surface area contributed by atoms with Crippen LogP contribution in [0.1, 0.15) is 61.4 Å². The highest BCUT2D eigenvalue weighted by Crippen LogP contribution is 2.77. The van der Waals surface area contributed by atoms with E-state index in [0.29, 0.717) is 5.92 Å². The SMILES string of the molecule is CC1(C)C2c3ccccc3C3(c4cc(-c5ccccc5)ccc4N(c4ccc(-c5ccccc5)cc4)c4cccc2c43)C1(C)C. The van der Waals surface area contributed by atoms with Crippen LogP contribution < -0.4 is 4.90 Å². The van der Waals surface area contributed by atoms with Crippen LogP contribution in [-0.2, 0) is 5.41 Å². The maximum absolute atomic E-state index is 2.54. The number of fused-ring (bicyclic) bond motifs is 2. The van der Waals surface area contributed by atoms with Gasteiger partial charge in [-0.15, -0.1) is 0 Å². The Balaban J connectivity index is 1.38. The minimum Gasteiger partial charge on any atom is -0.310 e. The zero-order valence-electron chi connectivity index (χ0n) is 26.4. The van der Waals surface area contributed by atoms with E-state index in [2.05, 4.69) is 178 Å². The Labute approximate surface area is 266 Å². The van der Waals surface area contributed by atoms with Crippen LogP contribution in [-0.4, -0.2) is 0 Å². The maximum Gasteiger partial charge on any atom is 0.0555 e. The summed E-state index contributed by atoms with van der Waals surface area (Å²) >= 11 is 0. The Bertz CT molecular complexity index is 2100. The maximum atomic E-state index is 2.54. The first kappa shape index (κ1) is 26.5. The molecule has 2 unspecified atom stereocenters. The van der Waals surface area contributed by atoms with E-state index in [9.17, 15) is 0 Å². The Morgan fingerprint density at radius 1 is 0.467 bits per heavy atom. The second-order valence-corrected chi connectivity index (χ2v) is 14.2. The van der Waals surface area contributed by atoms with Crippen LogP contribution >= 0.6 is 0 Å². The molecule has 1 heterocycles. The number of hydrogen-bond acceptors (Lipinski definition) is 1. The third kappa shape index (κ3) is 3.23. The van der Waals surface area contributed by atoms with Crippen LogP contribution in [0.3, 0.4) is 0 Å². The van der Waals surface area contributed by atoms with E-state index in [1.165, 1.54) is 67.1 Å². The Morgan fingerprint density at radius 3 is 1.76 bits per heavy atom. The summed E-state index contributed by atoms with van der Waals surface area (Å²) in [5.41, 5.74) is 15.7. The molecule has 0 N–H and O–H groups in total. The molecule has 0 radical (unpaired) electrons. The topological polar surface area (TPSA) is 3.24 Å². The van der Waals surface area contributed by atoms with Gasteiger partial charge in [0, 0.05) is 11.6 Å². The van der Waals surface area contributed by atoms with Gasteiger partial charge in [-0.3, -0.25) is 0 Å². The summed E-state index contributed by atoms with van der Waals surface area (Å²) in [6.07, 6.45) is 0. The minimum atomic E-state index is -0.311. The summed E-state index contributed by atoms with van der Waals surface area (Å²) in [7, 11) is 0. The predicted octanol–water partition coefficient (Wildman–Crippen LogP) is 11.6. The molecule has 0 saturated carbocycles. The van der Waals surface area contributed by atoms with Crippen molar-refractivity contribution in [2.75, 3.05) is 4.90 Å². The van der Waals surface area contributed by atoms with Gasteiger partial charge in [0.2, 0.25) is 0 Å². The van der Waals surface area contributed by atoms with Crippen molar-refractivity contribution < 1.29 is 0 Å². The highest BCUT2D eigenvalue weighted by Gasteiger charge is 2.69. The van der Waals surface area contributed by atoms with Gasteiger partial charge < -0.3 is 4.90 Å². The second kappa shape index (κ2) is 9.08. The number of benzene rings is 6. The normalized spacial score (nSPS) is 21.1. The number of nitrogens with zero attached hydrogens (tertiary/aromatic N) is 1. The van der Waals surface area contributed by atoms with E-state index >= 15 is 0 Å². The van der Waals surface area contributed by atoms with Gasteiger partial charge in [0.25, 0.3) is 0 Å². The van der Waals surface area contributed by atoms with Crippen LogP contribution in [0.15, 0.2) is 146 Å². The number of rotatable bonds is 3. The summed E-state index contributed by atoms with van der Waals surface area (Å²) in [4.78, 5) is 2.54. The molecule has 10 rings (SSSR count). The van der Waals surface area contributed by atoms with E-state index in [0.717, 1.165) is 0 Å².